The van der Waals surface area contributed by atoms with Gasteiger partial charge in [0.2, 0.25) is 0 Å². The van der Waals surface area contributed by atoms with Crippen molar-refractivity contribution in [1.29, 1.82) is 0 Å². The number of nitrogens with two attached hydrogens (primary N) is 1. The number of hydrogen-bond acceptors (Lipinski definition) is 1. The van der Waals surface area contributed by atoms with Gasteiger partial charge in [-0.25, -0.2) is 8.78 Å². The van der Waals surface area contributed by atoms with Crippen LogP contribution in [-0.2, 0) is 5.67 Å². The van der Waals surface area contributed by atoms with Gasteiger partial charge in [0, 0.05) is 12.0 Å². The lowest BCUT2D eigenvalue weighted by Gasteiger charge is -2.37. The Morgan fingerprint density at radius 3 is 2.19 bits per heavy atom. The molecule has 1 aromatic carbocycles. The molecule has 0 saturated heterocycles. The van der Waals surface area contributed by atoms with E-state index in [9.17, 15) is 8.78 Å². The first-order chi connectivity index (χ1) is 7.22. The third-order valence-corrected chi connectivity index (χ3v) is 3.10. The summed E-state index contributed by atoms with van der Waals surface area (Å²) in [4.78, 5) is 0. The minimum absolute atomic E-state index is 0.154. The highest BCUT2D eigenvalue weighted by atomic mass is 19.1. The van der Waals surface area contributed by atoms with Crippen LogP contribution in [0.5, 0.6) is 0 Å². The Kier molecular flexibility index (Phi) is 3.38. The van der Waals surface area contributed by atoms with Gasteiger partial charge in [-0.2, -0.15) is 0 Å². The second-order valence-electron chi connectivity index (χ2n) is 5.22. The van der Waals surface area contributed by atoms with Crippen LogP contribution in [0.4, 0.5) is 8.78 Å². The first-order valence-corrected chi connectivity index (χ1v) is 5.38. The molecule has 0 aliphatic carbocycles. The van der Waals surface area contributed by atoms with E-state index >= 15 is 0 Å². The summed E-state index contributed by atoms with van der Waals surface area (Å²) in [6, 6.07) is 4.43. The van der Waals surface area contributed by atoms with Gasteiger partial charge >= 0.3 is 0 Å². The van der Waals surface area contributed by atoms with E-state index in [1.807, 2.05) is 0 Å². The van der Waals surface area contributed by atoms with Crippen LogP contribution in [0.15, 0.2) is 18.2 Å². The zero-order valence-corrected chi connectivity index (χ0v) is 10.3. The molecule has 0 saturated carbocycles. The molecule has 0 bridgehead atoms. The van der Waals surface area contributed by atoms with E-state index in [0.29, 0.717) is 11.1 Å². The molecule has 90 valence electrons. The van der Waals surface area contributed by atoms with Crippen LogP contribution in [0.25, 0.3) is 0 Å². The number of alkyl halides is 1. The van der Waals surface area contributed by atoms with Crippen molar-refractivity contribution in [3.63, 3.8) is 0 Å². The van der Waals surface area contributed by atoms with Crippen LogP contribution in [0, 0.1) is 18.2 Å². The topological polar surface area (TPSA) is 26.0 Å². The normalized spacial score (nSPS) is 15.9. The zero-order chi connectivity index (χ0) is 12.6. The average molecular weight is 227 g/mol. The molecule has 0 spiro atoms. The van der Waals surface area contributed by atoms with Crippen molar-refractivity contribution in [3.05, 3.63) is 35.1 Å². The zero-order valence-electron chi connectivity index (χ0n) is 10.3. The summed E-state index contributed by atoms with van der Waals surface area (Å²) in [5.41, 5.74) is 3.97. The number of halogens is 2. The van der Waals surface area contributed by atoms with E-state index in [-0.39, 0.29) is 6.54 Å². The van der Waals surface area contributed by atoms with Gasteiger partial charge in [-0.05, 0) is 24.1 Å². The monoisotopic (exact) mass is 227 g/mol. The Labute approximate surface area is 95.7 Å². The molecule has 1 nitrogen and oxygen atoms in total. The lowest BCUT2D eigenvalue weighted by molar-refractivity contribution is 0.0340. The molecular formula is C13H19F2N. The standard InChI is InChI=1S/C13H19F2N/c1-9-5-6-10(7-11(9)14)13(15,8-16)12(2,3)4/h5-7H,8,16H2,1-4H3. The van der Waals surface area contributed by atoms with E-state index in [1.54, 1.807) is 39.8 Å². The summed E-state index contributed by atoms with van der Waals surface area (Å²) in [7, 11) is 0. The van der Waals surface area contributed by atoms with Crippen LogP contribution in [0.1, 0.15) is 31.9 Å². The molecule has 1 unspecified atom stereocenters. The Bertz CT molecular complexity index is 382. The molecule has 1 rings (SSSR count). The summed E-state index contributed by atoms with van der Waals surface area (Å²) < 4.78 is 28.2. The highest BCUT2D eigenvalue weighted by Gasteiger charge is 2.43. The van der Waals surface area contributed by atoms with E-state index in [4.69, 9.17) is 5.73 Å². The lowest BCUT2D eigenvalue weighted by atomic mass is 9.73. The molecule has 0 amide bonds. The van der Waals surface area contributed by atoms with Crippen LogP contribution in [0.2, 0.25) is 0 Å². The molecule has 1 atom stereocenters. The maximum atomic E-state index is 14.8. The molecule has 16 heavy (non-hydrogen) atoms. The molecule has 2 N–H and O–H groups in total. The maximum absolute atomic E-state index is 14.8. The summed E-state index contributed by atoms with van der Waals surface area (Å²) in [6.07, 6.45) is 0. The van der Waals surface area contributed by atoms with Gasteiger partial charge in [0.1, 0.15) is 5.82 Å². The molecule has 0 aliphatic heterocycles. The summed E-state index contributed by atoms with van der Waals surface area (Å²) in [6.45, 7) is 6.78. The van der Waals surface area contributed by atoms with E-state index in [1.165, 1.54) is 6.07 Å². The van der Waals surface area contributed by atoms with Gasteiger partial charge in [-0.1, -0.05) is 32.9 Å². The summed E-state index contributed by atoms with van der Waals surface area (Å²) in [5.74, 6) is -0.391. The van der Waals surface area contributed by atoms with Crippen molar-refractivity contribution < 1.29 is 8.78 Å². The second kappa shape index (κ2) is 4.13. The van der Waals surface area contributed by atoms with Crippen LogP contribution >= 0.6 is 0 Å². The molecule has 0 radical (unpaired) electrons. The SMILES string of the molecule is Cc1ccc(C(F)(CN)C(C)(C)C)cc1F. The first kappa shape index (κ1) is 13.1. The van der Waals surface area contributed by atoms with E-state index in [0.717, 1.165) is 0 Å². The van der Waals surface area contributed by atoms with Gasteiger partial charge in [-0.3, -0.25) is 0 Å². The first-order valence-electron chi connectivity index (χ1n) is 5.38. The quantitative estimate of drug-likeness (QED) is 0.824. The fourth-order valence-electron chi connectivity index (χ4n) is 1.70. The Morgan fingerprint density at radius 2 is 1.81 bits per heavy atom. The molecule has 0 aliphatic rings. The predicted molar refractivity (Wildman–Crippen MR) is 62.4 cm³/mol. The maximum Gasteiger partial charge on any atom is 0.153 e. The van der Waals surface area contributed by atoms with Gasteiger partial charge in [0.05, 0.1) is 0 Å². The fourth-order valence-corrected chi connectivity index (χ4v) is 1.70. The number of rotatable bonds is 2. The van der Waals surface area contributed by atoms with Gasteiger partial charge in [-0.15, -0.1) is 0 Å². The summed E-state index contributed by atoms with van der Waals surface area (Å²) >= 11 is 0. The van der Waals surface area contributed by atoms with Crippen molar-refractivity contribution in [2.75, 3.05) is 6.54 Å². The number of benzene rings is 1. The van der Waals surface area contributed by atoms with Gasteiger partial charge in [0.15, 0.2) is 5.67 Å². The van der Waals surface area contributed by atoms with Crippen LogP contribution < -0.4 is 5.73 Å². The number of hydrogen-bond donors (Lipinski definition) is 1. The van der Waals surface area contributed by atoms with Gasteiger partial charge in [0.25, 0.3) is 0 Å². The lowest BCUT2D eigenvalue weighted by Crippen LogP contribution is -2.42. The number of aryl methyl sites for hydroxylation is 1. The third-order valence-electron chi connectivity index (χ3n) is 3.10. The van der Waals surface area contributed by atoms with E-state index < -0.39 is 16.9 Å². The van der Waals surface area contributed by atoms with E-state index in [2.05, 4.69) is 0 Å². The van der Waals surface area contributed by atoms with Gasteiger partial charge < -0.3 is 5.73 Å². The van der Waals surface area contributed by atoms with Crippen molar-refractivity contribution in [3.8, 4) is 0 Å². The molecule has 0 heterocycles. The fraction of sp³-hybridized carbons (Fsp3) is 0.538. The molecule has 1 aromatic rings. The smallest absolute Gasteiger partial charge is 0.153 e. The van der Waals surface area contributed by atoms with Crippen LogP contribution in [0.3, 0.4) is 0 Å². The average Bonchev–Trinajstić information content (AvgIpc) is 2.19. The third kappa shape index (κ3) is 2.09. The van der Waals surface area contributed by atoms with Crippen LogP contribution in [-0.4, -0.2) is 6.54 Å². The molecular weight excluding hydrogens is 208 g/mol. The highest BCUT2D eigenvalue weighted by Crippen LogP contribution is 2.42. The molecule has 0 aromatic heterocycles. The molecule has 3 heteroatoms. The Morgan fingerprint density at radius 1 is 1.25 bits per heavy atom. The van der Waals surface area contributed by atoms with Crippen molar-refractivity contribution in [2.24, 2.45) is 11.1 Å². The predicted octanol–water partition coefficient (Wildman–Crippen LogP) is 3.30. The minimum Gasteiger partial charge on any atom is -0.327 e. The van der Waals surface area contributed by atoms with Crippen molar-refractivity contribution in [2.45, 2.75) is 33.4 Å². The molecule has 0 fully saturated rings. The summed E-state index contributed by atoms with van der Waals surface area (Å²) in [5, 5.41) is 0. The van der Waals surface area contributed by atoms with Crippen molar-refractivity contribution >= 4 is 0 Å². The highest BCUT2D eigenvalue weighted by molar-refractivity contribution is 5.30. The minimum atomic E-state index is -1.71. The van der Waals surface area contributed by atoms with Crippen molar-refractivity contribution in [1.82, 2.24) is 0 Å². The Balaban J connectivity index is 3.29. The largest absolute Gasteiger partial charge is 0.327 e. The second-order valence-corrected chi connectivity index (χ2v) is 5.22. The Hall–Kier alpha value is -0.960.